The van der Waals surface area contributed by atoms with E-state index in [-0.39, 0.29) is 12.1 Å². The van der Waals surface area contributed by atoms with Crippen molar-refractivity contribution in [2.75, 3.05) is 6.61 Å². The average Bonchev–Trinajstić information content (AvgIpc) is 3.15. The minimum Gasteiger partial charge on any atom is -0.394 e. The van der Waals surface area contributed by atoms with Crippen LogP contribution in [-0.2, 0) is 0 Å². The Hall–Kier alpha value is -0.0300. The molecule has 1 aliphatic rings. The first kappa shape index (κ1) is 15.4. The van der Waals surface area contributed by atoms with Gasteiger partial charge in [-0.15, -0.1) is 11.8 Å². The standard InChI is InChI=1S/C15H22BrNOS/c1-11(19-14-7-3-12(16)4-8-14)9-15(2,10-18)17-13-5-6-13/h3-4,7-8,11,13,17-18H,5-6,9-10H2,1-2H3. The number of nitrogens with one attached hydrogen (secondary N) is 1. The summed E-state index contributed by atoms with van der Waals surface area (Å²) >= 11 is 5.32. The van der Waals surface area contributed by atoms with Crippen LogP contribution in [0.1, 0.15) is 33.1 Å². The van der Waals surface area contributed by atoms with Crippen LogP contribution in [0.2, 0.25) is 0 Å². The van der Waals surface area contributed by atoms with Crippen molar-refractivity contribution in [3.05, 3.63) is 28.7 Å². The zero-order chi connectivity index (χ0) is 13.9. The minimum atomic E-state index is -0.150. The van der Waals surface area contributed by atoms with E-state index in [1.807, 2.05) is 11.8 Å². The largest absolute Gasteiger partial charge is 0.394 e. The summed E-state index contributed by atoms with van der Waals surface area (Å²) in [5.41, 5.74) is -0.150. The molecule has 0 spiro atoms. The molecule has 0 aliphatic heterocycles. The summed E-state index contributed by atoms with van der Waals surface area (Å²) in [6, 6.07) is 9.04. The van der Waals surface area contributed by atoms with Crippen LogP contribution in [-0.4, -0.2) is 28.5 Å². The van der Waals surface area contributed by atoms with E-state index in [0.29, 0.717) is 11.3 Å². The quantitative estimate of drug-likeness (QED) is 0.738. The second-order valence-corrected chi connectivity index (χ2v) is 8.15. The van der Waals surface area contributed by atoms with Crippen LogP contribution < -0.4 is 5.32 Å². The fourth-order valence-corrected chi connectivity index (χ4v) is 3.78. The van der Waals surface area contributed by atoms with Gasteiger partial charge >= 0.3 is 0 Å². The molecule has 1 aromatic rings. The van der Waals surface area contributed by atoms with Crippen LogP contribution >= 0.6 is 27.7 Å². The van der Waals surface area contributed by atoms with Gasteiger partial charge in [0.25, 0.3) is 0 Å². The Balaban J connectivity index is 1.87. The van der Waals surface area contributed by atoms with Gasteiger partial charge in [0.1, 0.15) is 0 Å². The van der Waals surface area contributed by atoms with E-state index in [1.165, 1.54) is 17.7 Å². The third-order valence-electron chi connectivity index (χ3n) is 3.37. The molecular weight excluding hydrogens is 322 g/mol. The molecule has 2 N–H and O–H groups in total. The van der Waals surface area contributed by atoms with Crippen molar-refractivity contribution in [2.24, 2.45) is 0 Å². The number of aliphatic hydroxyl groups is 1. The van der Waals surface area contributed by atoms with E-state index < -0.39 is 0 Å². The molecule has 1 aromatic carbocycles. The lowest BCUT2D eigenvalue weighted by molar-refractivity contribution is 0.164. The second-order valence-electron chi connectivity index (χ2n) is 5.72. The van der Waals surface area contributed by atoms with Crippen molar-refractivity contribution in [1.29, 1.82) is 0 Å². The molecule has 1 fully saturated rings. The summed E-state index contributed by atoms with van der Waals surface area (Å²) in [5.74, 6) is 0. The fourth-order valence-electron chi connectivity index (χ4n) is 2.31. The maximum Gasteiger partial charge on any atom is 0.0611 e. The summed E-state index contributed by atoms with van der Waals surface area (Å²) in [7, 11) is 0. The maximum absolute atomic E-state index is 9.64. The zero-order valence-electron chi connectivity index (χ0n) is 11.5. The first-order chi connectivity index (χ1) is 9.00. The predicted molar refractivity (Wildman–Crippen MR) is 85.7 cm³/mol. The van der Waals surface area contributed by atoms with E-state index in [2.05, 4.69) is 59.4 Å². The number of rotatable bonds is 7. The van der Waals surface area contributed by atoms with Gasteiger partial charge in [0.15, 0.2) is 0 Å². The lowest BCUT2D eigenvalue weighted by atomic mass is 9.97. The first-order valence-electron chi connectivity index (χ1n) is 6.81. The zero-order valence-corrected chi connectivity index (χ0v) is 13.9. The minimum absolute atomic E-state index is 0.150. The number of hydrogen-bond acceptors (Lipinski definition) is 3. The number of halogens is 1. The molecule has 2 rings (SSSR count). The monoisotopic (exact) mass is 343 g/mol. The van der Waals surface area contributed by atoms with Crippen molar-refractivity contribution in [3.8, 4) is 0 Å². The van der Waals surface area contributed by atoms with Gasteiger partial charge < -0.3 is 10.4 Å². The van der Waals surface area contributed by atoms with Crippen LogP contribution in [0.3, 0.4) is 0 Å². The smallest absolute Gasteiger partial charge is 0.0611 e. The molecule has 0 heterocycles. The van der Waals surface area contributed by atoms with E-state index >= 15 is 0 Å². The van der Waals surface area contributed by atoms with E-state index in [1.54, 1.807) is 0 Å². The Morgan fingerprint density at radius 1 is 1.42 bits per heavy atom. The summed E-state index contributed by atoms with van der Waals surface area (Å²) in [4.78, 5) is 1.28. The van der Waals surface area contributed by atoms with Crippen molar-refractivity contribution in [3.63, 3.8) is 0 Å². The number of benzene rings is 1. The van der Waals surface area contributed by atoms with Crippen LogP contribution in [0.5, 0.6) is 0 Å². The van der Waals surface area contributed by atoms with Gasteiger partial charge in [0.05, 0.1) is 6.61 Å². The van der Waals surface area contributed by atoms with Gasteiger partial charge in [0, 0.05) is 26.2 Å². The Morgan fingerprint density at radius 2 is 2.05 bits per heavy atom. The van der Waals surface area contributed by atoms with Crippen molar-refractivity contribution < 1.29 is 5.11 Å². The molecule has 19 heavy (non-hydrogen) atoms. The predicted octanol–water partition coefficient (Wildman–Crippen LogP) is 3.82. The summed E-state index contributed by atoms with van der Waals surface area (Å²) in [6.45, 7) is 4.56. The Morgan fingerprint density at radius 3 is 2.58 bits per heavy atom. The van der Waals surface area contributed by atoms with Gasteiger partial charge in [-0.2, -0.15) is 0 Å². The van der Waals surface area contributed by atoms with E-state index in [4.69, 9.17) is 0 Å². The molecule has 0 saturated heterocycles. The Bertz CT molecular complexity index is 407. The lowest BCUT2D eigenvalue weighted by Gasteiger charge is -2.31. The van der Waals surface area contributed by atoms with Crippen molar-refractivity contribution >= 4 is 27.7 Å². The van der Waals surface area contributed by atoms with Crippen LogP contribution in [0, 0.1) is 0 Å². The third-order valence-corrected chi connectivity index (χ3v) is 5.01. The normalized spacial score (nSPS) is 20.0. The van der Waals surface area contributed by atoms with Gasteiger partial charge in [-0.1, -0.05) is 22.9 Å². The average molecular weight is 344 g/mol. The SMILES string of the molecule is CC(CC(C)(CO)NC1CC1)Sc1ccc(Br)cc1. The summed E-state index contributed by atoms with van der Waals surface area (Å²) in [6.07, 6.45) is 3.48. The second kappa shape index (κ2) is 6.61. The molecule has 2 atom stereocenters. The first-order valence-corrected chi connectivity index (χ1v) is 8.49. The molecule has 4 heteroatoms. The molecular formula is C15H22BrNOS. The van der Waals surface area contributed by atoms with Gasteiger partial charge in [-0.3, -0.25) is 0 Å². The van der Waals surface area contributed by atoms with Gasteiger partial charge in [-0.25, -0.2) is 0 Å². The highest BCUT2D eigenvalue weighted by atomic mass is 79.9. The van der Waals surface area contributed by atoms with Crippen LogP contribution in [0.15, 0.2) is 33.6 Å². The number of aliphatic hydroxyl groups excluding tert-OH is 1. The molecule has 0 bridgehead atoms. The highest BCUT2D eigenvalue weighted by Gasteiger charge is 2.33. The molecule has 2 nitrogen and oxygen atoms in total. The van der Waals surface area contributed by atoms with Gasteiger partial charge in [0.2, 0.25) is 0 Å². The molecule has 1 aliphatic carbocycles. The Labute approximate surface area is 128 Å². The Kier molecular flexibility index (Phi) is 5.35. The molecule has 106 valence electrons. The lowest BCUT2D eigenvalue weighted by Crippen LogP contribution is -2.48. The summed E-state index contributed by atoms with van der Waals surface area (Å²) < 4.78 is 1.11. The molecule has 1 saturated carbocycles. The van der Waals surface area contributed by atoms with E-state index in [0.717, 1.165) is 10.9 Å². The van der Waals surface area contributed by atoms with Crippen LogP contribution in [0.25, 0.3) is 0 Å². The maximum atomic E-state index is 9.64. The van der Waals surface area contributed by atoms with Gasteiger partial charge in [-0.05, 0) is 50.5 Å². The molecule has 2 unspecified atom stereocenters. The van der Waals surface area contributed by atoms with Crippen molar-refractivity contribution in [1.82, 2.24) is 5.32 Å². The molecule has 0 amide bonds. The topological polar surface area (TPSA) is 32.3 Å². The summed E-state index contributed by atoms with van der Waals surface area (Å²) in [5, 5.41) is 13.7. The molecule has 0 aromatic heterocycles. The van der Waals surface area contributed by atoms with E-state index in [9.17, 15) is 5.11 Å². The number of thioether (sulfide) groups is 1. The van der Waals surface area contributed by atoms with Crippen molar-refractivity contribution in [2.45, 2.75) is 54.8 Å². The third kappa shape index (κ3) is 5.10. The molecule has 0 radical (unpaired) electrons. The van der Waals surface area contributed by atoms with Crippen LogP contribution in [0.4, 0.5) is 0 Å². The number of hydrogen-bond donors (Lipinski definition) is 2. The highest BCUT2D eigenvalue weighted by molar-refractivity contribution is 9.10. The highest BCUT2D eigenvalue weighted by Crippen LogP contribution is 2.31. The fraction of sp³-hybridized carbons (Fsp3) is 0.600.